The standard InChI is InChI=1S/C3H2N.Au/c1-2-3-4;/h1-2H;. The van der Waals surface area contributed by atoms with Crippen molar-refractivity contribution in [2.75, 3.05) is 0 Å². The van der Waals surface area contributed by atoms with Crippen LogP contribution in [0.4, 0.5) is 0 Å². The van der Waals surface area contributed by atoms with Gasteiger partial charge in [0.25, 0.3) is 0 Å². The summed E-state index contributed by atoms with van der Waals surface area (Å²) in [6.45, 7) is 0. The Labute approximate surface area is 43.2 Å². The van der Waals surface area contributed by atoms with Crippen molar-refractivity contribution in [1.29, 1.82) is 5.26 Å². The van der Waals surface area contributed by atoms with E-state index in [0.29, 0.717) is 0 Å². The molecule has 0 radical (unpaired) electrons. The SMILES string of the molecule is N#CC=[CH][Au]. The molecule has 0 aliphatic carbocycles. The van der Waals surface area contributed by atoms with Gasteiger partial charge in [0.2, 0.25) is 0 Å². The van der Waals surface area contributed by atoms with Crippen LogP contribution in [0.25, 0.3) is 0 Å². The molecular formula is C3H2AuN. The molecule has 0 aliphatic heterocycles. The Morgan fingerprint density at radius 3 is 2.40 bits per heavy atom. The van der Waals surface area contributed by atoms with Crippen LogP contribution in [0.1, 0.15) is 0 Å². The van der Waals surface area contributed by atoms with Crippen LogP contribution in [0.2, 0.25) is 0 Å². The molecule has 0 bridgehead atoms. The summed E-state index contributed by atoms with van der Waals surface area (Å²) in [4.78, 5) is 0. The molecule has 0 aromatic carbocycles. The van der Waals surface area contributed by atoms with Gasteiger partial charge in [-0.1, -0.05) is 0 Å². The molecule has 0 spiro atoms. The van der Waals surface area contributed by atoms with Gasteiger partial charge in [-0.2, -0.15) is 0 Å². The molecule has 0 heterocycles. The van der Waals surface area contributed by atoms with Gasteiger partial charge in [0.05, 0.1) is 0 Å². The van der Waals surface area contributed by atoms with E-state index >= 15 is 0 Å². The molecule has 0 aromatic rings. The second-order valence-corrected chi connectivity index (χ2v) is 1.12. The van der Waals surface area contributed by atoms with Crippen LogP contribution in [0.3, 0.4) is 0 Å². The fourth-order valence-corrected chi connectivity index (χ4v) is 0.184. The molecule has 0 N–H and O–H groups in total. The van der Waals surface area contributed by atoms with Crippen LogP contribution in [-0.2, 0) is 21.1 Å². The fourth-order valence-electron chi connectivity index (χ4n) is 0.0225. The van der Waals surface area contributed by atoms with E-state index in [2.05, 4.69) is 21.1 Å². The van der Waals surface area contributed by atoms with Crippen LogP contribution in [0.5, 0.6) is 0 Å². The van der Waals surface area contributed by atoms with Gasteiger partial charge in [-0.05, 0) is 0 Å². The van der Waals surface area contributed by atoms with Crippen molar-refractivity contribution in [2.24, 2.45) is 0 Å². The summed E-state index contributed by atoms with van der Waals surface area (Å²) in [6, 6.07) is 1.82. The van der Waals surface area contributed by atoms with Crippen LogP contribution in [0, 0.1) is 11.3 Å². The molecule has 0 saturated carbocycles. The molecule has 0 saturated heterocycles. The van der Waals surface area contributed by atoms with Gasteiger partial charge >= 0.3 is 42.8 Å². The summed E-state index contributed by atoms with van der Waals surface area (Å²) in [5.41, 5.74) is 0. The molecule has 0 aliphatic rings. The third-order valence-corrected chi connectivity index (χ3v) is 0.486. The topological polar surface area (TPSA) is 23.8 Å². The summed E-state index contributed by atoms with van der Waals surface area (Å²) < 4.78 is 1.64. The van der Waals surface area contributed by atoms with Crippen molar-refractivity contribution in [3.63, 3.8) is 0 Å². The Bertz CT molecular complexity index is 69.5. The summed E-state index contributed by atoms with van der Waals surface area (Å²) in [7, 11) is 0. The molecule has 30 valence electrons. The fraction of sp³-hybridized carbons (Fsp3) is 0. The molecule has 0 rings (SSSR count). The first-order valence-corrected chi connectivity index (χ1v) is 2.27. The Morgan fingerprint density at radius 2 is 2.40 bits per heavy atom. The van der Waals surface area contributed by atoms with Crippen molar-refractivity contribution in [1.82, 2.24) is 0 Å². The van der Waals surface area contributed by atoms with Gasteiger partial charge in [-0.25, -0.2) is 0 Å². The number of rotatable bonds is 0. The molecule has 0 atom stereocenters. The Morgan fingerprint density at radius 1 is 1.80 bits per heavy atom. The zero-order valence-corrected chi connectivity index (χ0v) is 4.57. The van der Waals surface area contributed by atoms with E-state index in [9.17, 15) is 0 Å². The molecule has 5 heavy (non-hydrogen) atoms. The van der Waals surface area contributed by atoms with Crippen LogP contribution in [0.15, 0.2) is 10.4 Å². The van der Waals surface area contributed by atoms with Crippen LogP contribution < -0.4 is 0 Å². The van der Waals surface area contributed by atoms with Crippen LogP contribution in [-0.4, -0.2) is 0 Å². The average molecular weight is 249 g/mol. The molecule has 0 aromatic heterocycles. The Kier molecular flexibility index (Phi) is 3.95. The molecule has 0 amide bonds. The van der Waals surface area contributed by atoms with Gasteiger partial charge in [-0.3, -0.25) is 0 Å². The first-order valence-electron chi connectivity index (χ1n) is 1.02. The predicted molar refractivity (Wildman–Crippen MR) is 14.8 cm³/mol. The number of hydrogen-bond donors (Lipinski definition) is 0. The van der Waals surface area contributed by atoms with Gasteiger partial charge in [0.15, 0.2) is 0 Å². The zero-order chi connectivity index (χ0) is 4.12. The molecular weight excluding hydrogens is 247 g/mol. The van der Waals surface area contributed by atoms with Crippen molar-refractivity contribution in [2.45, 2.75) is 0 Å². The average Bonchev–Trinajstić information content (AvgIpc) is 1.41. The number of hydrogen-bond acceptors (Lipinski definition) is 1. The van der Waals surface area contributed by atoms with E-state index in [1.807, 2.05) is 6.07 Å². The zero-order valence-electron chi connectivity index (χ0n) is 2.40. The summed E-state index contributed by atoms with van der Waals surface area (Å²) in [6.07, 6.45) is 1.41. The second kappa shape index (κ2) is 3.97. The van der Waals surface area contributed by atoms with Crippen molar-refractivity contribution in [3.05, 3.63) is 10.4 Å². The van der Waals surface area contributed by atoms with E-state index in [4.69, 9.17) is 5.26 Å². The van der Waals surface area contributed by atoms with E-state index in [0.717, 1.165) is 0 Å². The minimum atomic E-state index is 1.41. The van der Waals surface area contributed by atoms with Crippen molar-refractivity contribution >= 4 is 0 Å². The van der Waals surface area contributed by atoms with Crippen molar-refractivity contribution < 1.29 is 21.1 Å². The maximum absolute atomic E-state index is 7.72. The molecule has 0 unspecified atom stereocenters. The van der Waals surface area contributed by atoms with Gasteiger partial charge in [-0.15, -0.1) is 0 Å². The maximum atomic E-state index is 7.72. The number of nitriles is 1. The predicted octanol–water partition coefficient (Wildman–Crippen LogP) is 0.570. The molecule has 0 fully saturated rings. The van der Waals surface area contributed by atoms with E-state index in [1.165, 1.54) is 6.08 Å². The third kappa shape index (κ3) is 3.97. The van der Waals surface area contributed by atoms with Crippen molar-refractivity contribution in [3.8, 4) is 6.07 Å². The molecule has 2 heteroatoms. The normalized spacial score (nSPS) is 8.20. The van der Waals surface area contributed by atoms with Crippen LogP contribution >= 0.6 is 0 Å². The quantitative estimate of drug-likeness (QED) is 0.455. The Hall–Kier alpha value is -0.0297. The minimum absolute atomic E-state index is 1.41. The summed E-state index contributed by atoms with van der Waals surface area (Å²) in [5.74, 6) is 0. The third-order valence-electron chi connectivity index (χ3n) is 0.125. The monoisotopic (exact) mass is 249 g/mol. The summed E-state index contributed by atoms with van der Waals surface area (Å²) >= 11 is 2.13. The van der Waals surface area contributed by atoms with Gasteiger partial charge in [0.1, 0.15) is 0 Å². The van der Waals surface area contributed by atoms with Gasteiger partial charge in [0, 0.05) is 0 Å². The van der Waals surface area contributed by atoms with E-state index in [-0.39, 0.29) is 0 Å². The number of nitrogens with zero attached hydrogens (tertiary/aromatic N) is 1. The van der Waals surface area contributed by atoms with E-state index in [1.54, 1.807) is 4.29 Å². The Balaban J connectivity index is 3.04. The first-order chi connectivity index (χ1) is 2.41. The summed E-state index contributed by atoms with van der Waals surface area (Å²) in [5, 5.41) is 7.72. The van der Waals surface area contributed by atoms with Gasteiger partial charge < -0.3 is 0 Å². The number of allylic oxidation sites excluding steroid dienone is 1. The second-order valence-electron chi connectivity index (χ2n) is 0.396. The molecule has 1 nitrogen and oxygen atoms in total. The van der Waals surface area contributed by atoms with E-state index < -0.39 is 0 Å². The first kappa shape index (κ1) is 4.97.